The highest BCUT2D eigenvalue weighted by atomic mass is 16.5. The van der Waals surface area contributed by atoms with Crippen molar-refractivity contribution in [3.05, 3.63) is 35.9 Å². The van der Waals surface area contributed by atoms with Gasteiger partial charge in [0.15, 0.2) is 0 Å². The number of hydrogen-bond donors (Lipinski definition) is 1. The van der Waals surface area contributed by atoms with Crippen molar-refractivity contribution in [1.29, 1.82) is 0 Å². The second-order valence-corrected chi connectivity index (χ2v) is 11.7. The first-order valence-electron chi connectivity index (χ1n) is 15.4. The van der Waals surface area contributed by atoms with E-state index in [9.17, 15) is 9.90 Å². The van der Waals surface area contributed by atoms with E-state index < -0.39 is 0 Å². The van der Waals surface area contributed by atoms with Crippen molar-refractivity contribution in [2.24, 2.45) is 5.41 Å². The van der Waals surface area contributed by atoms with Gasteiger partial charge in [-0.1, -0.05) is 128 Å². The van der Waals surface area contributed by atoms with Crippen LogP contribution in [0.3, 0.4) is 0 Å². The maximum Gasteiger partial charge on any atom is 0.305 e. The molecule has 0 saturated carbocycles. The van der Waals surface area contributed by atoms with Crippen molar-refractivity contribution in [1.82, 2.24) is 0 Å². The van der Waals surface area contributed by atoms with E-state index in [4.69, 9.17) is 9.47 Å². The molecule has 0 aliphatic carbocycles. The van der Waals surface area contributed by atoms with Crippen LogP contribution in [0.2, 0.25) is 0 Å². The second kappa shape index (κ2) is 22.6. The molecule has 1 aromatic rings. The first-order chi connectivity index (χ1) is 17.9. The number of carbonyl (C=O) groups is 1. The Morgan fingerprint density at radius 3 is 2.11 bits per heavy atom. The zero-order valence-electron chi connectivity index (χ0n) is 24.5. The lowest BCUT2D eigenvalue weighted by Gasteiger charge is -2.24. The number of benzene rings is 1. The third-order valence-corrected chi connectivity index (χ3v) is 7.19. The molecule has 4 heteroatoms. The van der Waals surface area contributed by atoms with E-state index in [2.05, 4.69) is 32.9 Å². The highest BCUT2D eigenvalue weighted by Gasteiger charge is 2.20. The highest BCUT2D eigenvalue weighted by Crippen LogP contribution is 2.25. The van der Waals surface area contributed by atoms with Crippen LogP contribution in [0, 0.1) is 5.41 Å². The van der Waals surface area contributed by atoms with Crippen LogP contribution < -0.4 is 0 Å². The molecule has 0 spiro atoms. The van der Waals surface area contributed by atoms with Crippen LogP contribution >= 0.6 is 0 Å². The summed E-state index contributed by atoms with van der Waals surface area (Å²) >= 11 is 0. The van der Waals surface area contributed by atoms with E-state index >= 15 is 0 Å². The standard InChI is InChI=1S/C33H58O4/c1-4-5-6-7-10-18-25-32(35)37-29-33(2,3)26-19-13-17-24-31(34)23-16-9-8-11-20-27-36-28-30-21-14-12-15-22-30/h12,14-15,21-22,31,34H,4-11,13,16-20,23-29H2,1-3H3. The average Bonchev–Trinajstić information content (AvgIpc) is 2.89. The Morgan fingerprint density at radius 1 is 0.811 bits per heavy atom. The molecule has 214 valence electrons. The summed E-state index contributed by atoms with van der Waals surface area (Å²) in [7, 11) is 0. The fraction of sp³-hybridized carbons (Fsp3) is 0.788. The molecule has 0 aliphatic heterocycles. The minimum atomic E-state index is -0.162. The fourth-order valence-electron chi connectivity index (χ4n) is 4.65. The van der Waals surface area contributed by atoms with E-state index in [0.29, 0.717) is 19.6 Å². The van der Waals surface area contributed by atoms with Crippen molar-refractivity contribution in [2.45, 2.75) is 149 Å². The van der Waals surface area contributed by atoms with Crippen LogP contribution in [0.15, 0.2) is 30.3 Å². The third-order valence-electron chi connectivity index (χ3n) is 7.19. The van der Waals surface area contributed by atoms with E-state index in [-0.39, 0.29) is 17.5 Å². The van der Waals surface area contributed by atoms with E-state index in [1.165, 1.54) is 50.5 Å². The predicted molar refractivity (Wildman–Crippen MR) is 156 cm³/mol. The molecule has 37 heavy (non-hydrogen) atoms. The normalized spacial score (nSPS) is 12.5. The van der Waals surface area contributed by atoms with Gasteiger partial charge in [0.25, 0.3) is 0 Å². The van der Waals surface area contributed by atoms with Crippen molar-refractivity contribution >= 4 is 5.97 Å². The van der Waals surface area contributed by atoms with Crippen LogP contribution in [0.5, 0.6) is 0 Å². The zero-order chi connectivity index (χ0) is 27.0. The number of ether oxygens (including phenoxy) is 2. The van der Waals surface area contributed by atoms with Gasteiger partial charge in [-0.25, -0.2) is 0 Å². The van der Waals surface area contributed by atoms with Crippen molar-refractivity contribution in [3.63, 3.8) is 0 Å². The Hall–Kier alpha value is -1.39. The van der Waals surface area contributed by atoms with E-state index in [1.807, 2.05) is 18.2 Å². The molecule has 0 radical (unpaired) electrons. The van der Waals surface area contributed by atoms with Crippen LogP contribution in [-0.4, -0.2) is 30.4 Å². The Morgan fingerprint density at radius 2 is 1.41 bits per heavy atom. The number of rotatable bonds is 25. The van der Waals surface area contributed by atoms with Crippen LogP contribution in [0.4, 0.5) is 0 Å². The van der Waals surface area contributed by atoms with Gasteiger partial charge in [-0.3, -0.25) is 4.79 Å². The number of unbranched alkanes of at least 4 members (excludes halogenated alkanes) is 11. The molecule has 1 rings (SSSR count). The highest BCUT2D eigenvalue weighted by molar-refractivity contribution is 5.69. The summed E-state index contributed by atoms with van der Waals surface area (Å²) in [6.45, 7) is 8.65. The topological polar surface area (TPSA) is 55.8 Å². The molecule has 0 aromatic heterocycles. The lowest BCUT2D eigenvalue weighted by atomic mass is 9.87. The maximum absolute atomic E-state index is 12.0. The van der Waals surface area contributed by atoms with Gasteiger partial charge in [0.05, 0.1) is 19.3 Å². The molecule has 1 atom stereocenters. The Kier molecular flexibility index (Phi) is 20.5. The van der Waals surface area contributed by atoms with Gasteiger partial charge in [-0.15, -0.1) is 0 Å². The van der Waals surface area contributed by atoms with Crippen LogP contribution in [-0.2, 0) is 20.9 Å². The number of hydrogen-bond acceptors (Lipinski definition) is 4. The van der Waals surface area contributed by atoms with Gasteiger partial charge in [0.1, 0.15) is 0 Å². The van der Waals surface area contributed by atoms with E-state index in [1.54, 1.807) is 0 Å². The van der Waals surface area contributed by atoms with Gasteiger partial charge in [0, 0.05) is 13.0 Å². The molecule has 0 fully saturated rings. The average molecular weight is 519 g/mol. The summed E-state index contributed by atoms with van der Waals surface area (Å²) in [6.07, 6.45) is 19.6. The molecule has 0 aliphatic rings. The summed E-state index contributed by atoms with van der Waals surface area (Å²) in [6, 6.07) is 10.3. The Balaban J connectivity index is 1.89. The van der Waals surface area contributed by atoms with Gasteiger partial charge in [0.2, 0.25) is 0 Å². The third kappa shape index (κ3) is 21.3. The Bertz CT molecular complexity index is 643. The SMILES string of the molecule is CCCCCCCCC(=O)OCC(C)(C)CCCCCC(O)CCCCCCCOCc1ccccc1. The molecular weight excluding hydrogens is 460 g/mol. The molecular formula is C33H58O4. The van der Waals surface area contributed by atoms with Crippen molar-refractivity contribution in [2.75, 3.05) is 13.2 Å². The molecule has 1 N–H and O–H groups in total. The maximum atomic E-state index is 12.0. The van der Waals surface area contributed by atoms with Crippen LogP contribution in [0.1, 0.15) is 142 Å². The fourth-order valence-corrected chi connectivity index (χ4v) is 4.65. The van der Waals surface area contributed by atoms with Gasteiger partial charge in [-0.05, 0) is 43.1 Å². The Labute approximate surface area is 228 Å². The molecule has 0 saturated heterocycles. The number of aliphatic hydroxyl groups excluding tert-OH is 1. The summed E-state index contributed by atoms with van der Waals surface area (Å²) in [5.74, 6) is -0.0388. The predicted octanol–water partition coefficient (Wildman–Crippen LogP) is 9.18. The lowest BCUT2D eigenvalue weighted by molar-refractivity contribution is -0.147. The molecule has 0 bridgehead atoms. The first-order valence-corrected chi connectivity index (χ1v) is 15.4. The van der Waals surface area contributed by atoms with Crippen molar-refractivity contribution < 1.29 is 19.4 Å². The molecule has 0 heterocycles. The number of esters is 1. The molecule has 4 nitrogen and oxygen atoms in total. The summed E-state index contributed by atoms with van der Waals surface area (Å²) < 4.78 is 11.3. The summed E-state index contributed by atoms with van der Waals surface area (Å²) in [4.78, 5) is 12.0. The largest absolute Gasteiger partial charge is 0.465 e. The van der Waals surface area contributed by atoms with Crippen molar-refractivity contribution in [3.8, 4) is 0 Å². The second-order valence-electron chi connectivity index (χ2n) is 11.7. The first kappa shape index (κ1) is 33.6. The van der Waals surface area contributed by atoms with Gasteiger partial charge < -0.3 is 14.6 Å². The zero-order valence-corrected chi connectivity index (χ0v) is 24.5. The number of carbonyl (C=O) groups excluding carboxylic acids is 1. The van der Waals surface area contributed by atoms with Gasteiger partial charge in [-0.2, -0.15) is 0 Å². The molecule has 1 aromatic carbocycles. The summed E-state index contributed by atoms with van der Waals surface area (Å²) in [5, 5.41) is 10.3. The minimum Gasteiger partial charge on any atom is -0.465 e. The minimum absolute atomic E-state index is 0.0298. The smallest absolute Gasteiger partial charge is 0.305 e. The lowest BCUT2D eigenvalue weighted by Crippen LogP contribution is -2.22. The van der Waals surface area contributed by atoms with Gasteiger partial charge >= 0.3 is 5.97 Å². The molecule has 1 unspecified atom stereocenters. The summed E-state index contributed by atoms with van der Waals surface area (Å²) in [5.41, 5.74) is 1.27. The quantitative estimate of drug-likeness (QED) is 0.104. The van der Waals surface area contributed by atoms with E-state index in [0.717, 1.165) is 70.8 Å². The number of aliphatic hydroxyl groups is 1. The monoisotopic (exact) mass is 518 g/mol. The van der Waals surface area contributed by atoms with Crippen LogP contribution in [0.25, 0.3) is 0 Å². The molecule has 0 amide bonds.